The van der Waals surface area contributed by atoms with Crippen molar-refractivity contribution in [2.24, 2.45) is 0 Å². The summed E-state index contributed by atoms with van der Waals surface area (Å²) in [5, 5.41) is 2.77. The molecule has 0 aromatic heterocycles. The standard InChI is InChI=1S/C26H27N3O2S/c1-15-9-7-8-10-21(15)29-24(31)20(23(30)27-25(29)32)13-18-12-19-17(3)14-26(4,5)28(6)22(19)11-16(18)2/h7-14H,1-6H3,(H,27,30,32)/b20-13-. The number of thiocarbonyl (C=S) groups is 1. The summed E-state index contributed by atoms with van der Waals surface area (Å²) in [5.41, 5.74) is 6.77. The van der Waals surface area contributed by atoms with Crippen LogP contribution in [0.2, 0.25) is 0 Å². The summed E-state index contributed by atoms with van der Waals surface area (Å²) in [6.45, 7) is 10.4. The molecule has 2 heterocycles. The third-order valence-corrected chi connectivity index (χ3v) is 6.65. The van der Waals surface area contributed by atoms with E-state index in [0.717, 1.165) is 27.9 Å². The lowest BCUT2D eigenvalue weighted by molar-refractivity contribution is -0.122. The van der Waals surface area contributed by atoms with Crippen molar-refractivity contribution in [3.05, 3.63) is 70.3 Å². The summed E-state index contributed by atoms with van der Waals surface area (Å²) in [6, 6.07) is 11.7. The molecule has 5 nitrogen and oxygen atoms in total. The molecule has 2 aliphatic heterocycles. The van der Waals surface area contributed by atoms with Crippen molar-refractivity contribution in [2.45, 2.75) is 40.2 Å². The molecule has 32 heavy (non-hydrogen) atoms. The van der Waals surface area contributed by atoms with Crippen LogP contribution in [0.4, 0.5) is 11.4 Å². The van der Waals surface area contributed by atoms with Crippen molar-refractivity contribution in [1.29, 1.82) is 0 Å². The van der Waals surface area contributed by atoms with Crippen LogP contribution >= 0.6 is 12.2 Å². The zero-order chi connectivity index (χ0) is 23.4. The van der Waals surface area contributed by atoms with E-state index < -0.39 is 11.8 Å². The molecular weight excluding hydrogens is 418 g/mol. The van der Waals surface area contributed by atoms with E-state index >= 15 is 0 Å². The highest BCUT2D eigenvalue weighted by Gasteiger charge is 2.35. The summed E-state index contributed by atoms with van der Waals surface area (Å²) < 4.78 is 0. The number of hydrogen-bond donors (Lipinski definition) is 1. The van der Waals surface area contributed by atoms with Crippen molar-refractivity contribution < 1.29 is 9.59 Å². The number of nitrogens with zero attached hydrogens (tertiary/aromatic N) is 2. The molecule has 2 aromatic rings. The van der Waals surface area contributed by atoms with Gasteiger partial charge in [-0.05, 0) is 93.4 Å². The number of allylic oxidation sites excluding steroid dienone is 1. The van der Waals surface area contributed by atoms with Crippen LogP contribution in [0.15, 0.2) is 48.0 Å². The van der Waals surface area contributed by atoms with Crippen molar-refractivity contribution in [3.63, 3.8) is 0 Å². The molecule has 0 atom stereocenters. The van der Waals surface area contributed by atoms with Crippen LogP contribution < -0.4 is 15.1 Å². The molecule has 4 rings (SSSR count). The Morgan fingerprint density at radius 3 is 2.38 bits per heavy atom. The monoisotopic (exact) mass is 445 g/mol. The summed E-state index contributed by atoms with van der Waals surface area (Å²) >= 11 is 5.33. The summed E-state index contributed by atoms with van der Waals surface area (Å²) in [5.74, 6) is -0.900. The van der Waals surface area contributed by atoms with Gasteiger partial charge in [-0.2, -0.15) is 0 Å². The van der Waals surface area contributed by atoms with Gasteiger partial charge in [0.2, 0.25) is 0 Å². The van der Waals surface area contributed by atoms with E-state index in [1.165, 1.54) is 10.5 Å². The first-order valence-electron chi connectivity index (χ1n) is 10.6. The normalized spacial score (nSPS) is 19.1. The van der Waals surface area contributed by atoms with E-state index in [0.29, 0.717) is 5.69 Å². The molecule has 0 unspecified atom stereocenters. The molecular formula is C26H27N3O2S. The van der Waals surface area contributed by atoms with Crippen molar-refractivity contribution in [1.82, 2.24) is 5.32 Å². The number of rotatable bonds is 2. The van der Waals surface area contributed by atoms with Crippen LogP contribution in [-0.4, -0.2) is 29.5 Å². The highest BCUT2D eigenvalue weighted by Crippen LogP contribution is 2.39. The number of fused-ring (bicyclic) bond motifs is 1. The van der Waals surface area contributed by atoms with Crippen LogP contribution in [-0.2, 0) is 9.59 Å². The van der Waals surface area contributed by atoms with E-state index in [1.807, 2.05) is 38.1 Å². The van der Waals surface area contributed by atoms with Gasteiger partial charge in [0.25, 0.3) is 11.8 Å². The zero-order valence-corrected chi connectivity index (χ0v) is 20.1. The minimum absolute atomic E-state index is 0.0658. The third-order valence-electron chi connectivity index (χ3n) is 6.36. The van der Waals surface area contributed by atoms with Gasteiger partial charge in [0.1, 0.15) is 5.57 Å². The lowest BCUT2D eigenvalue weighted by Gasteiger charge is -2.41. The highest BCUT2D eigenvalue weighted by molar-refractivity contribution is 7.80. The number of para-hydroxylation sites is 1. The van der Waals surface area contributed by atoms with E-state index in [1.54, 1.807) is 6.08 Å². The number of benzene rings is 2. The maximum atomic E-state index is 13.4. The van der Waals surface area contributed by atoms with Crippen LogP contribution in [0.3, 0.4) is 0 Å². The predicted octanol–water partition coefficient (Wildman–Crippen LogP) is 4.77. The first-order chi connectivity index (χ1) is 15.0. The van der Waals surface area contributed by atoms with Gasteiger partial charge >= 0.3 is 0 Å². The molecule has 164 valence electrons. The fourth-order valence-electron chi connectivity index (χ4n) is 4.32. The van der Waals surface area contributed by atoms with E-state index in [-0.39, 0.29) is 16.2 Å². The quantitative estimate of drug-likeness (QED) is 0.411. The molecule has 1 fully saturated rings. The molecule has 1 N–H and O–H groups in total. The Balaban J connectivity index is 1.81. The lowest BCUT2D eigenvalue weighted by Crippen LogP contribution is -2.54. The Hall–Kier alpha value is -3.25. The fraction of sp³-hybridized carbons (Fsp3) is 0.269. The minimum atomic E-state index is -0.479. The van der Waals surface area contributed by atoms with E-state index in [4.69, 9.17) is 12.2 Å². The number of carbonyl (C=O) groups is 2. The summed E-state index contributed by atoms with van der Waals surface area (Å²) in [7, 11) is 2.08. The smallest absolute Gasteiger partial charge is 0.270 e. The van der Waals surface area contributed by atoms with Crippen LogP contribution in [0.1, 0.15) is 43.0 Å². The van der Waals surface area contributed by atoms with Crippen LogP contribution in [0.25, 0.3) is 11.6 Å². The lowest BCUT2D eigenvalue weighted by atomic mass is 9.87. The number of aryl methyl sites for hydroxylation is 2. The molecule has 2 amide bonds. The number of hydrogen-bond acceptors (Lipinski definition) is 4. The second-order valence-corrected chi connectivity index (χ2v) is 9.40. The minimum Gasteiger partial charge on any atom is -0.365 e. The van der Waals surface area contributed by atoms with Crippen LogP contribution in [0, 0.1) is 13.8 Å². The molecule has 0 aliphatic carbocycles. The molecule has 2 aliphatic rings. The number of anilines is 2. The highest BCUT2D eigenvalue weighted by atomic mass is 32.1. The van der Waals surface area contributed by atoms with Gasteiger partial charge in [0, 0.05) is 18.3 Å². The molecule has 0 spiro atoms. The number of amides is 2. The average Bonchev–Trinajstić information content (AvgIpc) is 2.71. The Bertz CT molecular complexity index is 1240. The number of nitrogens with one attached hydrogen (secondary N) is 1. The van der Waals surface area contributed by atoms with Crippen molar-refractivity contribution in [3.8, 4) is 0 Å². The Morgan fingerprint density at radius 1 is 1.00 bits per heavy atom. The van der Waals surface area contributed by atoms with E-state index in [2.05, 4.69) is 56.2 Å². The van der Waals surface area contributed by atoms with Gasteiger partial charge in [-0.15, -0.1) is 0 Å². The second kappa shape index (κ2) is 7.71. The molecule has 0 saturated carbocycles. The summed E-state index contributed by atoms with van der Waals surface area (Å²) in [4.78, 5) is 29.8. The first-order valence-corrected chi connectivity index (χ1v) is 11.0. The maximum absolute atomic E-state index is 13.4. The molecule has 0 radical (unpaired) electrons. The van der Waals surface area contributed by atoms with Crippen molar-refractivity contribution in [2.75, 3.05) is 16.8 Å². The number of likely N-dealkylation sites (N-methyl/N-ethyl adjacent to an activating group) is 1. The molecule has 1 saturated heterocycles. The third kappa shape index (κ3) is 3.54. The Morgan fingerprint density at radius 2 is 1.69 bits per heavy atom. The first kappa shape index (κ1) is 22.0. The molecule has 0 bridgehead atoms. The SMILES string of the molecule is CC1=CC(C)(C)N(C)c2cc(C)c(/C=C3/C(=O)NC(=S)N(c4ccccc4C)C3=O)cc21. The van der Waals surface area contributed by atoms with Gasteiger partial charge in [0.15, 0.2) is 5.11 Å². The van der Waals surface area contributed by atoms with Crippen molar-refractivity contribution >= 4 is 52.2 Å². The largest absolute Gasteiger partial charge is 0.365 e. The average molecular weight is 446 g/mol. The molecule has 2 aromatic carbocycles. The topological polar surface area (TPSA) is 52.7 Å². The van der Waals surface area contributed by atoms with Gasteiger partial charge < -0.3 is 4.90 Å². The van der Waals surface area contributed by atoms with Gasteiger partial charge in [-0.25, -0.2) is 0 Å². The molecule has 6 heteroatoms. The predicted molar refractivity (Wildman–Crippen MR) is 135 cm³/mol. The van der Waals surface area contributed by atoms with E-state index in [9.17, 15) is 9.59 Å². The maximum Gasteiger partial charge on any atom is 0.270 e. The Labute approximate surface area is 194 Å². The summed E-state index contributed by atoms with van der Waals surface area (Å²) in [6.07, 6.45) is 3.91. The fourth-order valence-corrected chi connectivity index (χ4v) is 4.59. The Kier molecular flexibility index (Phi) is 5.29. The zero-order valence-electron chi connectivity index (χ0n) is 19.2. The van der Waals surface area contributed by atoms with Gasteiger partial charge in [-0.3, -0.25) is 19.8 Å². The van der Waals surface area contributed by atoms with Gasteiger partial charge in [0.05, 0.1) is 11.2 Å². The van der Waals surface area contributed by atoms with Crippen LogP contribution in [0.5, 0.6) is 0 Å². The second-order valence-electron chi connectivity index (χ2n) is 9.01. The number of carbonyl (C=O) groups excluding carboxylic acids is 2. The van der Waals surface area contributed by atoms with Gasteiger partial charge in [-0.1, -0.05) is 24.3 Å².